The number of hydrogen-bond donors (Lipinski definition) is 1. The molecule has 112 valence electrons. The molecule has 0 radical (unpaired) electrons. The Kier molecular flexibility index (Phi) is 5.51. The van der Waals surface area contributed by atoms with Crippen LogP contribution in [0, 0.1) is 0 Å². The number of rotatable bonds is 7. The molecule has 8 heteroatoms. The minimum absolute atomic E-state index is 0.0542. The van der Waals surface area contributed by atoms with Crippen molar-refractivity contribution in [1.82, 2.24) is 10.2 Å². The summed E-state index contributed by atoms with van der Waals surface area (Å²) in [6, 6.07) is 3.52. The second kappa shape index (κ2) is 7.37. The van der Waals surface area contributed by atoms with Crippen LogP contribution in [0.5, 0.6) is 0 Å². The fraction of sp³-hybridized carbons (Fsp3) is 0.385. The van der Waals surface area contributed by atoms with Crippen LogP contribution in [0.25, 0.3) is 0 Å². The molecule has 1 fully saturated rings. The van der Waals surface area contributed by atoms with Gasteiger partial charge in [-0.05, 0) is 11.4 Å². The van der Waals surface area contributed by atoms with Gasteiger partial charge in [-0.25, -0.2) is 0 Å². The summed E-state index contributed by atoms with van der Waals surface area (Å²) < 4.78 is 0. The maximum Gasteiger partial charge on any atom is 0.288 e. The molecular formula is C13H14N2O4S2. The van der Waals surface area contributed by atoms with Crippen molar-refractivity contribution in [3.63, 3.8) is 0 Å². The molecule has 1 aromatic heterocycles. The van der Waals surface area contributed by atoms with Gasteiger partial charge in [0.1, 0.15) is 0 Å². The van der Waals surface area contributed by atoms with Crippen molar-refractivity contribution >= 4 is 45.9 Å². The number of hydrogen-bond acceptors (Lipinski definition) is 6. The Morgan fingerprint density at radius 2 is 2.10 bits per heavy atom. The van der Waals surface area contributed by atoms with Gasteiger partial charge in [-0.1, -0.05) is 17.8 Å². The smallest absolute Gasteiger partial charge is 0.288 e. The third-order valence-corrected chi connectivity index (χ3v) is 4.64. The Hall–Kier alpha value is -1.67. The number of nitrogens with zero attached hydrogens (tertiary/aromatic N) is 1. The number of amides is 3. The summed E-state index contributed by atoms with van der Waals surface area (Å²) in [5.41, 5.74) is 0. The second-order valence-electron chi connectivity index (χ2n) is 4.35. The number of ketones is 1. The van der Waals surface area contributed by atoms with E-state index in [2.05, 4.69) is 5.32 Å². The number of carbonyl (C=O) groups is 4. The van der Waals surface area contributed by atoms with Crippen molar-refractivity contribution in [3.8, 4) is 0 Å². The maximum absolute atomic E-state index is 11.7. The van der Waals surface area contributed by atoms with Crippen molar-refractivity contribution in [2.75, 3.05) is 18.8 Å². The molecule has 0 aliphatic carbocycles. The topological polar surface area (TPSA) is 83.6 Å². The molecule has 1 N–H and O–H groups in total. The second-order valence-corrected chi connectivity index (χ2v) is 6.22. The molecule has 0 aromatic carbocycles. The van der Waals surface area contributed by atoms with E-state index in [1.807, 2.05) is 5.38 Å². The van der Waals surface area contributed by atoms with Gasteiger partial charge in [0.15, 0.2) is 5.78 Å². The molecule has 1 saturated heterocycles. The Morgan fingerprint density at radius 3 is 2.71 bits per heavy atom. The zero-order valence-corrected chi connectivity index (χ0v) is 12.8. The van der Waals surface area contributed by atoms with E-state index in [1.165, 1.54) is 11.3 Å². The third-order valence-electron chi connectivity index (χ3n) is 2.87. The highest BCUT2D eigenvalue weighted by atomic mass is 32.2. The molecule has 0 saturated carbocycles. The first-order valence-corrected chi connectivity index (χ1v) is 8.25. The molecule has 3 amide bonds. The SMILES string of the molecule is O=C(CCC(=O)c1cccs1)NCCN1C(=O)CSC1=O. The van der Waals surface area contributed by atoms with Gasteiger partial charge in [0, 0.05) is 25.9 Å². The molecule has 0 spiro atoms. The van der Waals surface area contributed by atoms with Crippen LogP contribution < -0.4 is 5.32 Å². The van der Waals surface area contributed by atoms with Crippen LogP contribution >= 0.6 is 23.1 Å². The Balaban J connectivity index is 1.65. The molecule has 1 aliphatic rings. The first-order valence-electron chi connectivity index (χ1n) is 6.38. The van der Waals surface area contributed by atoms with Crippen molar-refractivity contribution in [2.45, 2.75) is 12.8 Å². The van der Waals surface area contributed by atoms with Crippen LogP contribution in [0.1, 0.15) is 22.5 Å². The number of imide groups is 1. The average molecular weight is 326 g/mol. The summed E-state index contributed by atoms with van der Waals surface area (Å²) in [5, 5.41) is 4.15. The lowest BCUT2D eigenvalue weighted by molar-refractivity contribution is -0.125. The fourth-order valence-electron chi connectivity index (χ4n) is 1.78. The molecule has 1 aromatic rings. The normalized spacial score (nSPS) is 14.6. The standard InChI is InChI=1S/C13H14N2O4S2/c16-9(10-2-1-7-20-10)3-4-11(17)14-5-6-15-12(18)8-21-13(15)19/h1-2,7H,3-6,8H2,(H,14,17). The molecule has 0 bridgehead atoms. The van der Waals surface area contributed by atoms with Crippen molar-refractivity contribution in [3.05, 3.63) is 22.4 Å². The zero-order chi connectivity index (χ0) is 15.2. The van der Waals surface area contributed by atoms with Crippen LogP contribution in [0.3, 0.4) is 0 Å². The summed E-state index contributed by atoms with van der Waals surface area (Å²) >= 11 is 2.32. The summed E-state index contributed by atoms with van der Waals surface area (Å²) in [7, 11) is 0. The molecule has 1 aliphatic heterocycles. The van der Waals surface area contributed by atoms with E-state index in [-0.39, 0.29) is 54.5 Å². The molecule has 0 atom stereocenters. The molecule has 2 heterocycles. The van der Waals surface area contributed by atoms with E-state index in [9.17, 15) is 19.2 Å². The van der Waals surface area contributed by atoms with Crippen molar-refractivity contribution < 1.29 is 19.2 Å². The largest absolute Gasteiger partial charge is 0.354 e. The molecule has 21 heavy (non-hydrogen) atoms. The number of nitrogens with one attached hydrogen (secondary N) is 1. The Bertz CT molecular complexity index is 541. The summed E-state index contributed by atoms with van der Waals surface area (Å²) in [4.78, 5) is 47.7. The quantitative estimate of drug-likeness (QED) is 0.768. The van der Waals surface area contributed by atoms with E-state index >= 15 is 0 Å². The predicted octanol–water partition coefficient (Wildman–Crippen LogP) is 1.52. The minimum atomic E-state index is -0.276. The predicted molar refractivity (Wildman–Crippen MR) is 80.5 cm³/mol. The van der Waals surface area contributed by atoms with Crippen LogP contribution in [-0.2, 0) is 9.59 Å². The maximum atomic E-state index is 11.7. The summed E-state index contributed by atoms with van der Waals surface area (Å²) in [5.74, 6) is -0.373. The summed E-state index contributed by atoms with van der Waals surface area (Å²) in [6.07, 6.45) is 0.261. The molecule has 0 unspecified atom stereocenters. The van der Waals surface area contributed by atoms with Gasteiger partial charge in [0.05, 0.1) is 10.6 Å². The highest BCUT2D eigenvalue weighted by Gasteiger charge is 2.29. The van der Waals surface area contributed by atoms with Crippen molar-refractivity contribution in [1.29, 1.82) is 0 Å². The van der Waals surface area contributed by atoms with Gasteiger partial charge in [-0.2, -0.15) is 0 Å². The van der Waals surface area contributed by atoms with Crippen molar-refractivity contribution in [2.24, 2.45) is 0 Å². The van der Waals surface area contributed by atoms with Gasteiger partial charge in [0.25, 0.3) is 5.24 Å². The van der Waals surface area contributed by atoms with Gasteiger partial charge in [-0.15, -0.1) is 11.3 Å². The van der Waals surface area contributed by atoms with E-state index < -0.39 is 0 Å². The van der Waals surface area contributed by atoms with E-state index in [4.69, 9.17) is 0 Å². The van der Waals surface area contributed by atoms with E-state index in [1.54, 1.807) is 12.1 Å². The lowest BCUT2D eigenvalue weighted by atomic mass is 10.2. The van der Waals surface area contributed by atoms with E-state index in [0.29, 0.717) is 4.88 Å². The molecule has 2 rings (SSSR count). The Morgan fingerprint density at radius 1 is 1.29 bits per heavy atom. The highest BCUT2D eigenvalue weighted by molar-refractivity contribution is 8.14. The lowest BCUT2D eigenvalue weighted by Crippen LogP contribution is -2.37. The van der Waals surface area contributed by atoms with Crippen LogP contribution in [0.2, 0.25) is 0 Å². The van der Waals surface area contributed by atoms with Crippen LogP contribution in [-0.4, -0.2) is 46.6 Å². The van der Waals surface area contributed by atoms with Gasteiger partial charge in [0.2, 0.25) is 11.8 Å². The molecular weight excluding hydrogens is 312 g/mol. The van der Waals surface area contributed by atoms with Gasteiger partial charge >= 0.3 is 0 Å². The average Bonchev–Trinajstić information content (AvgIpc) is 3.09. The minimum Gasteiger partial charge on any atom is -0.354 e. The van der Waals surface area contributed by atoms with Gasteiger partial charge < -0.3 is 5.32 Å². The van der Waals surface area contributed by atoms with Gasteiger partial charge in [-0.3, -0.25) is 24.1 Å². The van der Waals surface area contributed by atoms with E-state index in [0.717, 1.165) is 16.7 Å². The highest BCUT2D eigenvalue weighted by Crippen LogP contribution is 2.17. The fourth-order valence-corrected chi connectivity index (χ4v) is 3.23. The third kappa shape index (κ3) is 4.40. The lowest BCUT2D eigenvalue weighted by Gasteiger charge is -2.12. The monoisotopic (exact) mass is 326 g/mol. The number of thioether (sulfide) groups is 1. The zero-order valence-electron chi connectivity index (χ0n) is 11.2. The summed E-state index contributed by atoms with van der Waals surface area (Å²) in [6.45, 7) is 0.388. The Labute approximate surface area is 129 Å². The first kappa shape index (κ1) is 15.7. The number of thiophene rings is 1. The first-order chi connectivity index (χ1) is 10.1. The van der Waals surface area contributed by atoms with Crippen LogP contribution in [0.4, 0.5) is 4.79 Å². The number of Topliss-reactive ketones (excluding diaryl/α,β-unsaturated/α-hetero) is 1. The molecule has 6 nitrogen and oxygen atoms in total. The number of carbonyl (C=O) groups excluding carboxylic acids is 4. The van der Waals surface area contributed by atoms with Crippen LogP contribution in [0.15, 0.2) is 17.5 Å².